The number of hydrogen-bond acceptors (Lipinski definition) is 2. The van der Waals surface area contributed by atoms with Gasteiger partial charge in [0.05, 0.1) is 12.0 Å². The maximum absolute atomic E-state index is 5.70. The normalized spacial score (nSPS) is 23.2. The first-order valence-electron chi connectivity index (χ1n) is 5.41. The van der Waals surface area contributed by atoms with E-state index >= 15 is 0 Å². The van der Waals surface area contributed by atoms with E-state index < -0.39 is 0 Å². The number of nitrogens with two attached hydrogens (primary N) is 1. The second kappa shape index (κ2) is 3.73. The van der Waals surface area contributed by atoms with Gasteiger partial charge in [-0.1, -0.05) is 6.92 Å². The highest BCUT2D eigenvalue weighted by molar-refractivity contribution is 5.17. The van der Waals surface area contributed by atoms with Crippen LogP contribution in [0.5, 0.6) is 0 Å². The van der Waals surface area contributed by atoms with Crippen LogP contribution in [0.15, 0.2) is 6.33 Å². The third-order valence-corrected chi connectivity index (χ3v) is 3.53. The first-order valence-corrected chi connectivity index (χ1v) is 5.41. The van der Waals surface area contributed by atoms with Crippen LogP contribution >= 0.6 is 0 Å². The summed E-state index contributed by atoms with van der Waals surface area (Å²) in [7, 11) is 2.08. The van der Waals surface area contributed by atoms with Gasteiger partial charge in [-0.05, 0) is 37.6 Å². The Labute approximate surface area is 85.3 Å². The fourth-order valence-electron chi connectivity index (χ4n) is 2.35. The van der Waals surface area contributed by atoms with Gasteiger partial charge in [-0.3, -0.25) is 0 Å². The van der Waals surface area contributed by atoms with Gasteiger partial charge in [-0.25, -0.2) is 4.98 Å². The summed E-state index contributed by atoms with van der Waals surface area (Å²) in [6, 6.07) is 0. The Balaban J connectivity index is 2.14. The standard InChI is InChI=1S/C11H19N3/c1-8(6-12)9-3-4-11-10(5-9)13-7-14(11)2/h7-9H,3-6,12H2,1-2H3. The lowest BCUT2D eigenvalue weighted by molar-refractivity contribution is 0.321. The zero-order valence-electron chi connectivity index (χ0n) is 9.03. The zero-order valence-corrected chi connectivity index (χ0v) is 9.03. The van der Waals surface area contributed by atoms with Crippen molar-refractivity contribution < 1.29 is 0 Å². The van der Waals surface area contributed by atoms with E-state index in [1.165, 1.54) is 24.2 Å². The van der Waals surface area contributed by atoms with Crippen LogP contribution in [0.25, 0.3) is 0 Å². The van der Waals surface area contributed by atoms with Gasteiger partial charge in [0, 0.05) is 12.7 Å². The summed E-state index contributed by atoms with van der Waals surface area (Å²) in [5.74, 6) is 1.37. The molecule has 0 spiro atoms. The molecule has 0 aliphatic heterocycles. The molecule has 78 valence electrons. The van der Waals surface area contributed by atoms with Gasteiger partial charge in [-0.2, -0.15) is 0 Å². The molecule has 3 heteroatoms. The summed E-state index contributed by atoms with van der Waals surface area (Å²) in [5, 5.41) is 0. The fraction of sp³-hybridized carbons (Fsp3) is 0.727. The topological polar surface area (TPSA) is 43.8 Å². The van der Waals surface area contributed by atoms with Crippen LogP contribution in [0.4, 0.5) is 0 Å². The first-order chi connectivity index (χ1) is 6.72. The summed E-state index contributed by atoms with van der Waals surface area (Å²) in [5.41, 5.74) is 8.42. The number of imidazole rings is 1. The molecule has 2 atom stereocenters. The third kappa shape index (κ3) is 1.57. The number of fused-ring (bicyclic) bond motifs is 1. The second-order valence-electron chi connectivity index (χ2n) is 4.46. The molecular formula is C11H19N3. The second-order valence-corrected chi connectivity index (χ2v) is 4.46. The molecule has 2 N–H and O–H groups in total. The average molecular weight is 193 g/mol. The molecular weight excluding hydrogens is 174 g/mol. The van der Waals surface area contributed by atoms with Crippen molar-refractivity contribution in [2.45, 2.75) is 26.2 Å². The van der Waals surface area contributed by atoms with Crippen molar-refractivity contribution in [2.24, 2.45) is 24.6 Å². The molecule has 0 saturated heterocycles. The fourth-order valence-corrected chi connectivity index (χ4v) is 2.35. The van der Waals surface area contributed by atoms with E-state index in [9.17, 15) is 0 Å². The number of aryl methyl sites for hydroxylation is 1. The van der Waals surface area contributed by atoms with Crippen molar-refractivity contribution in [3.05, 3.63) is 17.7 Å². The maximum atomic E-state index is 5.70. The van der Waals surface area contributed by atoms with Crippen LogP contribution in [-0.2, 0) is 19.9 Å². The van der Waals surface area contributed by atoms with Crippen molar-refractivity contribution in [1.82, 2.24) is 9.55 Å². The lowest BCUT2D eigenvalue weighted by atomic mass is 9.81. The minimum absolute atomic E-state index is 0.630. The molecule has 0 aromatic carbocycles. The molecule has 0 amide bonds. The summed E-state index contributed by atoms with van der Waals surface area (Å²) < 4.78 is 2.15. The SMILES string of the molecule is CC(CN)C1CCc2c(ncn2C)C1. The van der Waals surface area contributed by atoms with Gasteiger partial charge in [-0.15, -0.1) is 0 Å². The van der Waals surface area contributed by atoms with Crippen LogP contribution in [0.3, 0.4) is 0 Å². The summed E-state index contributed by atoms with van der Waals surface area (Å²) in [6.07, 6.45) is 5.49. The van der Waals surface area contributed by atoms with Crippen LogP contribution in [0, 0.1) is 11.8 Å². The maximum Gasteiger partial charge on any atom is 0.0949 e. The Morgan fingerprint density at radius 2 is 2.50 bits per heavy atom. The quantitative estimate of drug-likeness (QED) is 0.765. The minimum atomic E-state index is 0.630. The molecule has 1 aromatic heterocycles. The number of hydrogen-bond donors (Lipinski definition) is 1. The van der Waals surface area contributed by atoms with Gasteiger partial charge >= 0.3 is 0 Å². The lowest BCUT2D eigenvalue weighted by Crippen LogP contribution is -2.26. The lowest BCUT2D eigenvalue weighted by Gasteiger charge is -2.26. The first kappa shape index (κ1) is 9.71. The Bertz CT molecular complexity index is 316. The largest absolute Gasteiger partial charge is 0.337 e. The number of rotatable bonds is 2. The van der Waals surface area contributed by atoms with Crippen LogP contribution < -0.4 is 5.73 Å². The molecule has 1 heterocycles. The zero-order chi connectivity index (χ0) is 10.1. The van der Waals surface area contributed by atoms with Gasteiger partial charge in [0.15, 0.2) is 0 Å². The minimum Gasteiger partial charge on any atom is -0.337 e. The Hall–Kier alpha value is -0.830. The van der Waals surface area contributed by atoms with Crippen molar-refractivity contribution in [3.8, 4) is 0 Å². The Kier molecular flexibility index (Phi) is 2.59. The van der Waals surface area contributed by atoms with Crippen molar-refractivity contribution >= 4 is 0 Å². The monoisotopic (exact) mass is 193 g/mol. The molecule has 14 heavy (non-hydrogen) atoms. The molecule has 0 bridgehead atoms. The highest BCUT2D eigenvalue weighted by atomic mass is 15.0. The molecule has 2 rings (SSSR count). The Morgan fingerprint density at radius 3 is 3.21 bits per heavy atom. The highest BCUT2D eigenvalue weighted by Crippen LogP contribution is 2.28. The molecule has 1 aliphatic carbocycles. The number of nitrogens with zero attached hydrogens (tertiary/aromatic N) is 2. The van der Waals surface area contributed by atoms with Crippen LogP contribution in [0.2, 0.25) is 0 Å². The summed E-state index contributed by atoms with van der Waals surface area (Å²) >= 11 is 0. The van der Waals surface area contributed by atoms with E-state index in [0.29, 0.717) is 5.92 Å². The average Bonchev–Trinajstić information content (AvgIpc) is 2.59. The van der Waals surface area contributed by atoms with Gasteiger partial charge in [0.25, 0.3) is 0 Å². The molecule has 0 fully saturated rings. The van der Waals surface area contributed by atoms with Crippen LogP contribution in [0.1, 0.15) is 24.7 Å². The van der Waals surface area contributed by atoms with Crippen molar-refractivity contribution in [1.29, 1.82) is 0 Å². The van der Waals surface area contributed by atoms with E-state index in [2.05, 4.69) is 23.5 Å². The molecule has 1 aromatic rings. The summed E-state index contributed by atoms with van der Waals surface area (Å²) in [6.45, 7) is 3.05. The molecule has 0 saturated carbocycles. The van der Waals surface area contributed by atoms with E-state index in [4.69, 9.17) is 5.73 Å². The molecule has 0 radical (unpaired) electrons. The molecule has 1 aliphatic rings. The third-order valence-electron chi connectivity index (χ3n) is 3.53. The van der Waals surface area contributed by atoms with Crippen molar-refractivity contribution in [2.75, 3.05) is 6.54 Å². The van der Waals surface area contributed by atoms with E-state index in [1.54, 1.807) is 0 Å². The van der Waals surface area contributed by atoms with E-state index in [1.807, 2.05) is 6.33 Å². The van der Waals surface area contributed by atoms with Crippen molar-refractivity contribution in [3.63, 3.8) is 0 Å². The van der Waals surface area contributed by atoms with Crippen LogP contribution in [-0.4, -0.2) is 16.1 Å². The summed E-state index contributed by atoms with van der Waals surface area (Å²) in [4.78, 5) is 4.45. The highest BCUT2D eigenvalue weighted by Gasteiger charge is 2.25. The Morgan fingerprint density at radius 1 is 1.71 bits per heavy atom. The number of aromatic nitrogens is 2. The van der Waals surface area contributed by atoms with E-state index in [0.717, 1.165) is 18.9 Å². The smallest absolute Gasteiger partial charge is 0.0949 e. The van der Waals surface area contributed by atoms with Gasteiger partial charge < -0.3 is 10.3 Å². The van der Waals surface area contributed by atoms with E-state index in [-0.39, 0.29) is 0 Å². The molecule has 3 nitrogen and oxygen atoms in total. The molecule has 2 unspecified atom stereocenters. The predicted molar refractivity (Wildman–Crippen MR) is 56.9 cm³/mol. The van der Waals surface area contributed by atoms with Gasteiger partial charge in [0.1, 0.15) is 0 Å². The van der Waals surface area contributed by atoms with Gasteiger partial charge in [0.2, 0.25) is 0 Å². The predicted octanol–water partition coefficient (Wildman–Crippen LogP) is 1.12.